The third-order valence-electron chi connectivity index (χ3n) is 3.89. The lowest BCUT2D eigenvalue weighted by Crippen LogP contribution is -2.10. The molecule has 3 rings (SSSR count). The summed E-state index contributed by atoms with van der Waals surface area (Å²) in [5.74, 6) is 1.71. The Morgan fingerprint density at radius 1 is 1.17 bits per heavy atom. The first-order valence-corrected chi connectivity index (χ1v) is 8.90. The quantitative estimate of drug-likeness (QED) is 0.672. The van der Waals surface area contributed by atoms with Crippen LogP contribution in [0.1, 0.15) is 24.7 Å². The van der Waals surface area contributed by atoms with Crippen molar-refractivity contribution in [3.8, 4) is 11.1 Å². The Morgan fingerprint density at radius 3 is 2.65 bits per heavy atom. The largest absolute Gasteiger partial charge is 0.369 e. The Hall–Kier alpha value is -1.98. The number of fused-ring (bicyclic) bond motifs is 1. The van der Waals surface area contributed by atoms with E-state index in [2.05, 4.69) is 51.9 Å². The lowest BCUT2D eigenvalue weighted by atomic mass is 10.0. The second-order valence-corrected chi connectivity index (χ2v) is 6.43. The van der Waals surface area contributed by atoms with Crippen molar-refractivity contribution in [3.63, 3.8) is 0 Å². The minimum Gasteiger partial charge on any atom is -0.369 e. The zero-order valence-electron chi connectivity index (χ0n) is 13.6. The average molecular weight is 326 g/mol. The van der Waals surface area contributed by atoms with E-state index < -0.39 is 0 Å². The lowest BCUT2D eigenvalue weighted by molar-refractivity contribution is 0.869. The lowest BCUT2D eigenvalue weighted by Gasteiger charge is -2.09. The summed E-state index contributed by atoms with van der Waals surface area (Å²) in [6.45, 7) is 5.61. The van der Waals surface area contributed by atoms with Crippen LogP contribution < -0.4 is 11.1 Å². The molecular weight excluding hydrogens is 304 g/mol. The molecule has 2 heterocycles. The van der Waals surface area contributed by atoms with Gasteiger partial charge >= 0.3 is 0 Å². The maximum absolute atomic E-state index is 5.59. The van der Waals surface area contributed by atoms with Crippen molar-refractivity contribution in [3.05, 3.63) is 41.0 Å². The summed E-state index contributed by atoms with van der Waals surface area (Å²) in [5, 5.41) is 6.71. The summed E-state index contributed by atoms with van der Waals surface area (Å²) in [6.07, 6.45) is 1.98. The maximum atomic E-state index is 5.59. The van der Waals surface area contributed by atoms with E-state index in [1.165, 1.54) is 16.7 Å². The molecule has 23 heavy (non-hydrogen) atoms. The first-order valence-electron chi connectivity index (χ1n) is 8.02. The van der Waals surface area contributed by atoms with E-state index >= 15 is 0 Å². The molecule has 0 amide bonds. The molecule has 0 radical (unpaired) electrons. The van der Waals surface area contributed by atoms with Crippen molar-refractivity contribution in [1.82, 2.24) is 9.97 Å². The molecule has 0 saturated carbocycles. The molecule has 0 fully saturated rings. The van der Waals surface area contributed by atoms with Crippen molar-refractivity contribution >= 4 is 27.4 Å². The van der Waals surface area contributed by atoms with Crippen LogP contribution in [0.4, 0.5) is 5.82 Å². The summed E-state index contributed by atoms with van der Waals surface area (Å²) in [6, 6.07) is 8.75. The van der Waals surface area contributed by atoms with Gasteiger partial charge in [0.05, 0.1) is 5.39 Å². The van der Waals surface area contributed by atoms with Crippen LogP contribution in [-0.2, 0) is 6.42 Å². The van der Waals surface area contributed by atoms with Crippen LogP contribution in [0.3, 0.4) is 0 Å². The Bertz CT molecular complexity index is 793. The highest BCUT2D eigenvalue weighted by Crippen LogP contribution is 2.37. The first-order chi connectivity index (χ1) is 11.2. The van der Waals surface area contributed by atoms with Crippen LogP contribution in [0.15, 0.2) is 29.6 Å². The predicted octanol–water partition coefficient (Wildman–Crippen LogP) is 3.99. The van der Waals surface area contributed by atoms with Crippen LogP contribution in [0.25, 0.3) is 21.3 Å². The van der Waals surface area contributed by atoms with Crippen molar-refractivity contribution in [2.45, 2.75) is 26.7 Å². The topological polar surface area (TPSA) is 63.8 Å². The van der Waals surface area contributed by atoms with Crippen molar-refractivity contribution in [2.75, 3.05) is 18.4 Å². The van der Waals surface area contributed by atoms with Crippen molar-refractivity contribution in [1.29, 1.82) is 0 Å². The van der Waals surface area contributed by atoms with Gasteiger partial charge in [-0.05, 0) is 37.4 Å². The summed E-state index contributed by atoms with van der Waals surface area (Å²) >= 11 is 1.67. The molecule has 0 aliphatic heterocycles. The summed E-state index contributed by atoms with van der Waals surface area (Å²) in [4.78, 5) is 10.2. The summed E-state index contributed by atoms with van der Waals surface area (Å²) in [5.41, 5.74) is 9.35. The minimum absolute atomic E-state index is 0.676. The molecule has 0 aliphatic rings. The van der Waals surface area contributed by atoms with Crippen LogP contribution in [0.5, 0.6) is 0 Å². The molecule has 0 saturated heterocycles. The number of nitrogens with one attached hydrogen (secondary N) is 1. The molecular formula is C18H22N4S. The second kappa shape index (κ2) is 7.06. The van der Waals surface area contributed by atoms with Crippen LogP contribution in [0.2, 0.25) is 0 Å². The number of hydrogen-bond acceptors (Lipinski definition) is 5. The fourth-order valence-corrected chi connectivity index (χ4v) is 3.61. The highest BCUT2D eigenvalue weighted by Gasteiger charge is 2.14. The van der Waals surface area contributed by atoms with E-state index in [9.17, 15) is 0 Å². The standard InChI is InChI=1S/C18H22N4S/c1-3-13-5-7-14(8-6-13)15-11-23-18-16(15)17(20-10-4-9-19)21-12(2)22-18/h5-8,11H,3-4,9-10,19H2,1-2H3,(H,20,21,22). The smallest absolute Gasteiger partial charge is 0.139 e. The van der Waals surface area contributed by atoms with Crippen molar-refractivity contribution in [2.24, 2.45) is 5.73 Å². The van der Waals surface area contributed by atoms with Gasteiger partial charge < -0.3 is 11.1 Å². The van der Waals surface area contributed by atoms with Crippen LogP contribution in [0, 0.1) is 6.92 Å². The molecule has 0 spiro atoms. The molecule has 0 unspecified atom stereocenters. The van der Waals surface area contributed by atoms with Gasteiger partial charge in [-0.25, -0.2) is 9.97 Å². The SMILES string of the molecule is CCc1ccc(-c2csc3nc(C)nc(NCCCN)c23)cc1. The molecule has 3 aromatic rings. The Kier molecular flexibility index (Phi) is 4.88. The minimum atomic E-state index is 0.676. The molecule has 4 nitrogen and oxygen atoms in total. The van der Waals surface area contributed by atoms with Gasteiger partial charge in [-0.2, -0.15) is 0 Å². The van der Waals surface area contributed by atoms with Gasteiger partial charge in [0, 0.05) is 17.5 Å². The Balaban J connectivity index is 2.06. The van der Waals surface area contributed by atoms with Gasteiger partial charge in [0.2, 0.25) is 0 Å². The first kappa shape index (κ1) is 15.9. The summed E-state index contributed by atoms with van der Waals surface area (Å²) < 4.78 is 0. The van der Waals surface area contributed by atoms with E-state index in [0.717, 1.165) is 41.2 Å². The molecule has 3 N–H and O–H groups in total. The van der Waals surface area contributed by atoms with Crippen molar-refractivity contribution < 1.29 is 0 Å². The number of nitrogens with two attached hydrogens (primary N) is 1. The van der Waals surface area contributed by atoms with Gasteiger partial charge in [-0.3, -0.25) is 0 Å². The maximum Gasteiger partial charge on any atom is 0.139 e. The Morgan fingerprint density at radius 2 is 1.96 bits per heavy atom. The number of thiophene rings is 1. The number of aromatic nitrogens is 2. The molecule has 0 bridgehead atoms. The monoisotopic (exact) mass is 326 g/mol. The molecule has 120 valence electrons. The zero-order chi connectivity index (χ0) is 16.2. The van der Waals surface area contributed by atoms with E-state index in [-0.39, 0.29) is 0 Å². The highest BCUT2D eigenvalue weighted by atomic mass is 32.1. The van der Waals surface area contributed by atoms with Gasteiger partial charge in [0.25, 0.3) is 0 Å². The summed E-state index contributed by atoms with van der Waals surface area (Å²) in [7, 11) is 0. The number of nitrogens with zero attached hydrogens (tertiary/aromatic N) is 2. The van der Waals surface area contributed by atoms with Gasteiger partial charge in [-0.1, -0.05) is 31.2 Å². The molecule has 5 heteroatoms. The molecule has 0 atom stereocenters. The number of hydrogen-bond donors (Lipinski definition) is 2. The number of rotatable bonds is 6. The van der Waals surface area contributed by atoms with E-state index in [4.69, 9.17) is 5.73 Å². The zero-order valence-corrected chi connectivity index (χ0v) is 14.4. The fraction of sp³-hybridized carbons (Fsp3) is 0.333. The second-order valence-electron chi connectivity index (χ2n) is 5.57. The Labute approximate surface area is 140 Å². The van der Waals surface area contributed by atoms with E-state index in [1.807, 2.05) is 6.92 Å². The van der Waals surface area contributed by atoms with Crippen LogP contribution >= 0.6 is 11.3 Å². The predicted molar refractivity (Wildman–Crippen MR) is 99.1 cm³/mol. The third kappa shape index (κ3) is 3.35. The van der Waals surface area contributed by atoms with Crippen LogP contribution in [-0.4, -0.2) is 23.1 Å². The van der Waals surface area contributed by atoms with Gasteiger partial charge in [-0.15, -0.1) is 11.3 Å². The normalized spacial score (nSPS) is 11.1. The fourth-order valence-electron chi connectivity index (χ4n) is 2.62. The van der Waals surface area contributed by atoms with Gasteiger partial charge in [0.1, 0.15) is 16.5 Å². The molecule has 1 aromatic carbocycles. The molecule has 2 aromatic heterocycles. The highest BCUT2D eigenvalue weighted by molar-refractivity contribution is 7.17. The number of anilines is 1. The van der Waals surface area contributed by atoms with Gasteiger partial charge in [0.15, 0.2) is 0 Å². The molecule has 0 aliphatic carbocycles. The number of aryl methyl sites for hydroxylation is 2. The average Bonchev–Trinajstić information content (AvgIpc) is 2.99. The third-order valence-corrected chi connectivity index (χ3v) is 4.76. The van der Waals surface area contributed by atoms with E-state index in [1.54, 1.807) is 11.3 Å². The van der Waals surface area contributed by atoms with E-state index in [0.29, 0.717) is 6.54 Å². The number of benzene rings is 1.